The summed E-state index contributed by atoms with van der Waals surface area (Å²) in [6.45, 7) is 6.18. The lowest BCUT2D eigenvalue weighted by atomic mass is 10.1. The summed E-state index contributed by atoms with van der Waals surface area (Å²) in [6, 6.07) is 6.08. The number of hydrogen-bond donors (Lipinski definition) is 1. The molecule has 0 amide bonds. The molecule has 1 N–H and O–H groups in total. The molecule has 0 atom stereocenters. The third-order valence-electron chi connectivity index (χ3n) is 3.20. The molecule has 0 saturated heterocycles. The van der Waals surface area contributed by atoms with Crippen molar-refractivity contribution in [3.05, 3.63) is 40.9 Å². The zero-order valence-corrected chi connectivity index (χ0v) is 11.9. The number of nitrogens with one attached hydrogen (secondary N) is 1. The highest BCUT2D eigenvalue weighted by Gasteiger charge is 2.13. The minimum Gasteiger partial charge on any atom is -0.441 e. The van der Waals surface area contributed by atoms with Crippen molar-refractivity contribution in [2.45, 2.75) is 26.7 Å². The molecule has 0 bridgehead atoms. The number of aromatic nitrogens is 2. The highest BCUT2D eigenvalue weighted by atomic mass is 35.5. The standard InChI is InChI=1S/C15H15ClN2O/c1-8(2)13-5-10-4-12(16)11(6-14(10)18-13)15-17-7-9(3)19-15/h4-8,18H,1-3H3. The highest BCUT2D eigenvalue weighted by Crippen LogP contribution is 2.33. The molecule has 3 rings (SSSR count). The Kier molecular flexibility index (Phi) is 2.86. The summed E-state index contributed by atoms with van der Waals surface area (Å²) >= 11 is 6.32. The maximum atomic E-state index is 6.32. The van der Waals surface area contributed by atoms with Gasteiger partial charge >= 0.3 is 0 Å². The van der Waals surface area contributed by atoms with Crippen molar-refractivity contribution in [3.8, 4) is 11.5 Å². The van der Waals surface area contributed by atoms with Crippen molar-refractivity contribution < 1.29 is 4.42 Å². The van der Waals surface area contributed by atoms with Gasteiger partial charge in [-0.1, -0.05) is 25.4 Å². The molecular formula is C15H15ClN2O. The van der Waals surface area contributed by atoms with Crippen LogP contribution in [0.5, 0.6) is 0 Å². The van der Waals surface area contributed by atoms with Crippen molar-refractivity contribution in [1.82, 2.24) is 9.97 Å². The number of aromatic amines is 1. The van der Waals surface area contributed by atoms with Crippen LogP contribution < -0.4 is 0 Å². The zero-order chi connectivity index (χ0) is 13.6. The number of nitrogens with zero attached hydrogens (tertiary/aromatic N) is 1. The smallest absolute Gasteiger partial charge is 0.227 e. The summed E-state index contributed by atoms with van der Waals surface area (Å²) in [5.41, 5.74) is 3.07. The summed E-state index contributed by atoms with van der Waals surface area (Å²) in [7, 11) is 0. The van der Waals surface area contributed by atoms with Gasteiger partial charge in [0, 0.05) is 16.6 Å². The summed E-state index contributed by atoms with van der Waals surface area (Å²) in [6.07, 6.45) is 1.70. The average molecular weight is 275 g/mol. The van der Waals surface area contributed by atoms with E-state index in [1.165, 1.54) is 5.69 Å². The topological polar surface area (TPSA) is 41.8 Å². The van der Waals surface area contributed by atoms with Crippen molar-refractivity contribution in [1.29, 1.82) is 0 Å². The van der Waals surface area contributed by atoms with E-state index in [4.69, 9.17) is 16.0 Å². The van der Waals surface area contributed by atoms with Crippen molar-refractivity contribution in [2.75, 3.05) is 0 Å². The molecule has 3 aromatic rings. The molecule has 0 fully saturated rings. The third kappa shape index (κ3) is 2.15. The van der Waals surface area contributed by atoms with Gasteiger partial charge in [0.05, 0.1) is 16.8 Å². The van der Waals surface area contributed by atoms with Gasteiger partial charge in [-0.2, -0.15) is 0 Å². The molecule has 19 heavy (non-hydrogen) atoms. The van der Waals surface area contributed by atoms with Crippen LogP contribution in [-0.2, 0) is 0 Å². The van der Waals surface area contributed by atoms with E-state index in [-0.39, 0.29) is 0 Å². The summed E-state index contributed by atoms with van der Waals surface area (Å²) < 4.78 is 5.54. The molecule has 0 aliphatic carbocycles. The molecule has 2 heterocycles. The van der Waals surface area contributed by atoms with E-state index >= 15 is 0 Å². The molecule has 0 aliphatic heterocycles. The number of rotatable bonds is 2. The van der Waals surface area contributed by atoms with Crippen molar-refractivity contribution in [3.63, 3.8) is 0 Å². The molecule has 98 valence electrons. The fraction of sp³-hybridized carbons (Fsp3) is 0.267. The molecule has 1 aromatic carbocycles. The fourth-order valence-electron chi connectivity index (χ4n) is 2.13. The Morgan fingerprint density at radius 2 is 2.05 bits per heavy atom. The van der Waals surface area contributed by atoms with Crippen LogP contribution in [0.1, 0.15) is 31.2 Å². The Labute approximate surface area is 116 Å². The second-order valence-electron chi connectivity index (χ2n) is 5.07. The maximum absolute atomic E-state index is 6.32. The average Bonchev–Trinajstić information content (AvgIpc) is 2.93. The molecule has 3 nitrogen and oxygen atoms in total. The summed E-state index contributed by atoms with van der Waals surface area (Å²) in [4.78, 5) is 7.64. The lowest BCUT2D eigenvalue weighted by Gasteiger charge is -2.00. The Balaban J connectivity index is 2.18. The van der Waals surface area contributed by atoms with E-state index in [9.17, 15) is 0 Å². The minimum atomic E-state index is 0.457. The van der Waals surface area contributed by atoms with Crippen molar-refractivity contribution in [2.24, 2.45) is 0 Å². The SMILES string of the molecule is Cc1cnc(-c2cc3[nH]c(C(C)C)cc3cc2Cl)o1. The molecule has 4 heteroatoms. The van der Waals surface area contributed by atoms with Crippen LogP contribution in [0.15, 0.2) is 28.8 Å². The first-order valence-electron chi connectivity index (χ1n) is 6.29. The van der Waals surface area contributed by atoms with Gasteiger partial charge in [-0.3, -0.25) is 0 Å². The minimum absolute atomic E-state index is 0.457. The molecular weight excluding hydrogens is 260 g/mol. The quantitative estimate of drug-likeness (QED) is 0.721. The van der Waals surface area contributed by atoms with Crippen LogP contribution in [0.2, 0.25) is 5.02 Å². The summed E-state index contributed by atoms with van der Waals surface area (Å²) in [5.74, 6) is 1.80. The lowest BCUT2D eigenvalue weighted by Crippen LogP contribution is -1.85. The van der Waals surface area contributed by atoms with Crippen molar-refractivity contribution >= 4 is 22.5 Å². The van der Waals surface area contributed by atoms with Gasteiger partial charge in [0.2, 0.25) is 5.89 Å². The molecule has 0 aliphatic rings. The normalized spacial score (nSPS) is 11.6. The van der Waals surface area contributed by atoms with E-state index in [2.05, 4.69) is 29.9 Å². The van der Waals surface area contributed by atoms with Gasteiger partial charge in [-0.25, -0.2) is 4.98 Å². The van der Waals surface area contributed by atoms with Gasteiger partial charge < -0.3 is 9.40 Å². The predicted molar refractivity (Wildman–Crippen MR) is 77.6 cm³/mol. The number of oxazole rings is 1. The van der Waals surface area contributed by atoms with Crippen LogP contribution in [0, 0.1) is 6.92 Å². The maximum Gasteiger partial charge on any atom is 0.227 e. The third-order valence-corrected chi connectivity index (χ3v) is 3.52. The predicted octanol–water partition coefficient (Wildman–Crippen LogP) is 4.91. The zero-order valence-electron chi connectivity index (χ0n) is 11.1. The Morgan fingerprint density at radius 3 is 2.68 bits per heavy atom. The van der Waals surface area contributed by atoms with E-state index in [0.717, 1.165) is 22.2 Å². The monoisotopic (exact) mass is 274 g/mol. The van der Waals surface area contributed by atoms with Gasteiger partial charge in [0.25, 0.3) is 0 Å². The fourth-order valence-corrected chi connectivity index (χ4v) is 2.38. The van der Waals surface area contributed by atoms with Crippen LogP contribution in [0.25, 0.3) is 22.4 Å². The van der Waals surface area contributed by atoms with Gasteiger partial charge in [0.1, 0.15) is 5.76 Å². The van der Waals surface area contributed by atoms with E-state index in [1.54, 1.807) is 6.20 Å². The van der Waals surface area contributed by atoms with E-state index in [1.807, 2.05) is 19.1 Å². The Bertz CT molecular complexity index is 740. The molecule has 0 radical (unpaired) electrons. The second kappa shape index (κ2) is 4.42. The van der Waals surface area contributed by atoms with Crippen LogP contribution in [0.4, 0.5) is 0 Å². The molecule has 0 saturated carbocycles. The number of aryl methyl sites for hydroxylation is 1. The van der Waals surface area contributed by atoms with E-state index < -0.39 is 0 Å². The van der Waals surface area contributed by atoms with E-state index in [0.29, 0.717) is 16.8 Å². The molecule has 0 spiro atoms. The largest absolute Gasteiger partial charge is 0.441 e. The highest BCUT2D eigenvalue weighted by molar-refractivity contribution is 6.34. The number of H-pyrrole nitrogens is 1. The van der Waals surface area contributed by atoms with Crippen LogP contribution >= 0.6 is 11.6 Å². The Hall–Kier alpha value is -1.74. The summed E-state index contributed by atoms with van der Waals surface area (Å²) in [5, 5.41) is 1.77. The first-order valence-corrected chi connectivity index (χ1v) is 6.67. The van der Waals surface area contributed by atoms with Crippen LogP contribution in [-0.4, -0.2) is 9.97 Å². The van der Waals surface area contributed by atoms with Gasteiger partial charge in [0.15, 0.2) is 0 Å². The number of benzene rings is 1. The first kappa shape index (κ1) is 12.3. The molecule has 0 unspecified atom stereocenters. The van der Waals surface area contributed by atoms with Crippen LogP contribution in [0.3, 0.4) is 0 Å². The van der Waals surface area contributed by atoms with Gasteiger partial charge in [-0.15, -0.1) is 0 Å². The first-order chi connectivity index (χ1) is 9.04. The Morgan fingerprint density at radius 1 is 1.26 bits per heavy atom. The number of halogens is 1. The molecule has 2 aromatic heterocycles. The van der Waals surface area contributed by atoms with Gasteiger partial charge in [-0.05, 0) is 31.0 Å². The lowest BCUT2D eigenvalue weighted by molar-refractivity contribution is 0.542. The second-order valence-corrected chi connectivity index (χ2v) is 5.48. The number of fused-ring (bicyclic) bond motifs is 1. The number of hydrogen-bond acceptors (Lipinski definition) is 2.